The van der Waals surface area contributed by atoms with Crippen molar-refractivity contribution < 1.29 is 0 Å². The zero-order valence-corrected chi connectivity index (χ0v) is 8.10. The molecule has 1 rings (SSSR count). The van der Waals surface area contributed by atoms with E-state index in [1.807, 2.05) is 13.8 Å². The molecule has 3 N–H and O–H groups in total. The second-order valence-electron chi connectivity index (χ2n) is 1.58. The number of aromatic amines is 1. The highest BCUT2D eigenvalue weighted by molar-refractivity contribution is 9.10. The van der Waals surface area contributed by atoms with Crippen LogP contribution >= 0.6 is 15.9 Å². The largest absolute Gasteiger partial charge is 0.384 e. The maximum atomic E-state index is 10.5. The number of nitrogen functional groups attached to an aromatic ring is 1. The normalized spacial score (nSPS) is 8.27. The summed E-state index contributed by atoms with van der Waals surface area (Å²) in [5.41, 5.74) is 5.13. The highest BCUT2D eigenvalue weighted by Crippen LogP contribution is 2.11. The second-order valence-corrected chi connectivity index (χ2v) is 2.44. The van der Waals surface area contributed by atoms with Crippen molar-refractivity contribution >= 4 is 21.7 Å². The lowest BCUT2D eigenvalue weighted by molar-refractivity contribution is 1.24. The second kappa shape index (κ2) is 4.96. The fourth-order valence-electron chi connectivity index (χ4n) is 0.473. The van der Waals surface area contributed by atoms with Crippen molar-refractivity contribution in [3.05, 3.63) is 27.0 Å². The number of aromatic nitrogens is 1. The van der Waals surface area contributed by atoms with E-state index >= 15 is 0 Å². The third kappa shape index (κ3) is 3.23. The van der Waals surface area contributed by atoms with Crippen molar-refractivity contribution in [2.45, 2.75) is 13.8 Å². The molecule has 0 aliphatic heterocycles. The first-order valence-corrected chi connectivity index (χ1v) is 4.14. The average molecular weight is 219 g/mol. The lowest BCUT2D eigenvalue weighted by atomic mass is 10.5. The smallest absolute Gasteiger partial charge is 0.249 e. The summed E-state index contributed by atoms with van der Waals surface area (Å²) in [6.45, 7) is 4.00. The average Bonchev–Trinajstić information content (AvgIpc) is 2.02. The summed E-state index contributed by atoms with van der Waals surface area (Å²) in [7, 11) is 0. The minimum Gasteiger partial charge on any atom is -0.384 e. The van der Waals surface area contributed by atoms with Crippen molar-refractivity contribution in [3.8, 4) is 0 Å². The molecule has 62 valence electrons. The molecule has 1 aromatic heterocycles. The van der Waals surface area contributed by atoms with Crippen molar-refractivity contribution in [3.63, 3.8) is 0 Å². The van der Waals surface area contributed by atoms with Crippen LogP contribution < -0.4 is 11.3 Å². The summed E-state index contributed by atoms with van der Waals surface area (Å²) in [5, 5.41) is 0. The number of nitrogens with one attached hydrogen (secondary N) is 1. The van der Waals surface area contributed by atoms with Crippen molar-refractivity contribution in [2.24, 2.45) is 0 Å². The predicted octanol–water partition coefficient (Wildman–Crippen LogP) is 1.75. The Morgan fingerprint density at radius 2 is 2.00 bits per heavy atom. The van der Waals surface area contributed by atoms with Crippen LogP contribution in [0.5, 0.6) is 0 Å². The summed E-state index contributed by atoms with van der Waals surface area (Å²) in [4.78, 5) is 12.9. The fourth-order valence-corrected chi connectivity index (χ4v) is 0.704. The van der Waals surface area contributed by atoms with Gasteiger partial charge in [-0.15, -0.1) is 0 Å². The Morgan fingerprint density at radius 3 is 2.36 bits per heavy atom. The van der Waals surface area contributed by atoms with Crippen LogP contribution in [-0.4, -0.2) is 4.98 Å². The van der Waals surface area contributed by atoms with Gasteiger partial charge in [0.25, 0.3) is 0 Å². The molecule has 0 aliphatic carbocycles. The zero-order chi connectivity index (χ0) is 8.85. The predicted molar refractivity (Wildman–Crippen MR) is 50.5 cm³/mol. The Bertz CT molecular complexity index is 269. The van der Waals surface area contributed by atoms with Crippen LogP contribution in [0.15, 0.2) is 21.4 Å². The molecule has 0 amide bonds. The molecule has 0 radical (unpaired) electrons. The summed E-state index contributed by atoms with van der Waals surface area (Å²) < 4.78 is 0.710. The van der Waals surface area contributed by atoms with E-state index in [9.17, 15) is 4.79 Å². The van der Waals surface area contributed by atoms with Gasteiger partial charge in [-0.25, -0.2) is 0 Å². The molecule has 0 fully saturated rings. The van der Waals surface area contributed by atoms with Crippen LogP contribution in [0.2, 0.25) is 0 Å². The lowest BCUT2D eigenvalue weighted by Gasteiger charge is -1.92. The number of anilines is 1. The van der Waals surface area contributed by atoms with E-state index in [1.165, 1.54) is 6.07 Å². The Morgan fingerprint density at radius 1 is 1.45 bits per heavy atom. The molecule has 0 spiro atoms. The summed E-state index contributed by atoms with van der Waals surface area (Å²) in [5.74, 6) is 0.363. The molecule has 0 saturated heterocycles. The van der Waals surface area contributed by atoms with E-state index in [2.05, 4.69) is 20.9 Å². The molecular formula is C7H11BrN2O. The quantitative estimate of drug-likeness (QED) is 0.698. The van der Waals surface area contributed by atoms with Gasteiger partial charge in [0.05, 0.1) is 4.47 Å². The molecule has 1 heterocycles. The van der Waals surface area contributed by atoms with Gasteiger partial charge in [-0.2, -0.15) is 0 Å². The number of nitrogens with two attached hydrogens (primary N) is 1. The standard InChI is InChI=1S/C5H5BrN2O.C2H6/c6-3-1-2-4(9)8-5(3)7;1-2/h1-2H,(H3,7,8,9);1-2H3. The molecule has 1 aromatic rings. The number of rotatable bonds is 0. The molecule has 11 heavy (non-hydrogen) atoms. The molecule has 0 aromatic carbocycles. The van der Waals surface area contributed by atoms with Gasteiger partial charge < -0.3 is 10.7 Å². The van der Waals surface area contributed by atoms with Gasteiger partial charge in [-0.05, 0) is 22.0 Å². The molecular weight excluding hydrogens is 208 g/mol. The first kappa shape index (κ1) is 10.2. The van der Waals surface area contributed by atoms with E-state index in [4.69, 9.17) is 5.73 Å². The molecule has 0 atom stereocenters. The molecule has 0 saturated carbocycles. The Hall–Kier alpha value is -0.770. The van der Waals surface area contributed by atoms with Gasteiger partial charge >= 0.3 is 0 Å². The summed E-state index contributed by atoms with van der Waals surface area (Å²) >= 11 is 3.13. The van der Waals surface area contributed by atoms with Gasteiger partial charge in [0.2, 0.25) is 5.56 Å². The van der Waals surface area contributed by atoms with Crippen LogP contribution in [0.25, 0.3) is 0 Å². The van der Waals surface area contributed by atoms with E-state index in [1.54, 1.807) is 6.07 Å². The highest BCUT2D eigenvalue weighted by atomic mass is 79.9. The summed E-state index contributed by atoms with van der Waals surface area (Å²) in [6, 6.07) is 3.01. The monoisotopic (exact) mass is 218 g/mol. The van der Waals surface area contributed by atoms with Gasteiger partial charge in [-0.1, -0.05) is 13.8 Å². The number of H-pyrrole nitrogens is 1. The SMILES string of the molecule is CC.Nc1[nH]c(=O)ccc1Br. The van der Waals surface area contributed by atoms with Gasteiger partial charge in [0.1, 0.15) is 5.82 Å². The van der Waals surface area contributed by atoms with Gasteiger partial charge in [0.15, 0.2) is 0 Å². The van der Waals surface area contributed by atoms with Gasteiger partial charge in [-0.3, -0.25) is 4.79 Å². The number of hydrogen-bond donors (Lipinski definition) is 2. The van der Waals surface area contributed by atoms with E-state index in [-0.39, 0.29) is 5.56 Å². The molecule has 4 heteroatoms. The van der Waals surface area contributed by atoms with Gasteiger partial charge in [0, 0.05) is 6.07 Å². The zero-order valence-electron chi connectivity index (χ0n) is 6.52. The first-order chi connectivity index (χ1) is 5.20. The van der Waals surface area contributed by atoms with Crippen molar-refractivity contribution in [1.29, 1.82) is 0 Å². The molecule has 0 aliphatic rings. The topological polar surface area (TPSA) is 58.9 Å². The number of hydrogen-bond acceptors (Lipinski definition) is 2. The third-order valence-electron chi connectivity index (χ3n) is 0.896. The number of halogens is 1. The lowest BCUT2D eigenvalue weighted by Crippen LogP contribution is -2.06. The highest BCUT2D eigenvalue weighted by Gasteiger charge is 1.91. The third-order valence-corrected chi connectivity index (χ3v) is 1.59. The molecule has 0 bridgehead atoms. The fraction of sp³-hybridized carbons (Fsp3) is 0.286. The first-order valence-electron chi connectivity index (χ1n) is 3.34. The number of pyridine rings is 1. The maximum absolute atomic E-state index is 10.5. The van der Waals surface area contributed by atoms with Crippen LogP contribution in [0.1, 0.15) is 13.8 Å². The van der Waals surface area contributed by atoms with Crippen molar-refractivity contribution in [1.82, 2.24) is 4.98 Å². The van der Waals surface area contributed by atoms with Crippen LogP contribution in [-0.2, 0) is 0 Å². The van der Waals surface area contributed by atoms with Crippen LogP contribution in [0.3, 0.4) is 0 Å². The molecule has 0 unspecified atom stereocenters. The minimum atomic E-state index is -0.185. The maximum Gasteiger partial charge on any atom is 0.249 e. The van der Waals surface area contributed by atoms with Crippen LogP contribution in [0, 0.1) is 0 Å². The van der Waals surface area contributed by atoms with Crippen molar-refractivity contribution in [2.75, 3.05) is 5.73 Å². The minimum absolute atomic E-state index is 0.185. The van der Waals surface area contributed by atoms with E-state index < -0.39 is 0 Å². The van der Waals surface area contributed by atoms with Crippen LogP contribution in [0.4, 0.5) is 5.82 Å². The Kier molecular flexibility index (Phi) is 4.61. The van der Waals surface area contributed by atoms with E-state index in [0.29, 0.717) is 10.3 Å². The summed E-state index contributed by atoms with van der Waals surface area (Å²) in [6.07, 6.45) is 0. The Labute approximate surface area is 73.8 Å². The molecule has 3 nitrogen and oxygen atoms in total. The van der Waals surface area contributed by atoms with E-state index in [0.717, 1.165) is 0 Å². The Balaban J connectivity index is 0.000000461.